The third-order valence-electron chi connectivity index (χ3n) is 5.25. The molecular formula is C23H30IN5O2. The van der Waals surface area contributed by atoms with Gasteiger partial charge in [-0.25, -0.2) is 4.99 Å². The monoisotopic (exact) mass is 535 g/mol. The Kier molecular flexibility index (Phi) is 8.39. The zero-order valence-electron chi connectivity index (χ0n) is 18.0. The van der Waals surface area contributed by atoms with Gasteiger partial charge in [0.05, 0.1) is 31.2 Å². The van der Waals surface area contributed by atoms with Gasteiger partial charge in [0.25, 0.3) is 0 Å². The third kappa shape index (κ3) is 6.03. The standard InChI is InChI=1S/C23H29N5O2.HI/c1-3-20-17(16-28(2)27-20)15-25-23(24-12-10-18-7-6-13-29-18)26-21-11-14-30-22-9-5-4-8-19(21)22;/h4-9,13,16,21H,3,10-12,14-15H2,1-2H3,(H2,24,25,26);1H. The quantitative estimate of drug-likeness (QED) is 0.272. The van der Waals surface area contributed by atoms with E-state index in [0.29, 0.717) is 13.2 Å². The molecule has 0 radical (unpaired) electrons. The van der Waals surface area contributed by atoms with E-state index in [4.69, 9.17) is 14.1 Å². The highest BCUT2D eigenvalue weighted by atomic mass is 127. The second-order valence-electron chi connectivity index (χ2n) is 7.42. The first-order valence-electron chi connectivity index (χ1n) is 10.5. The highest BCUT2D eigenvalue weighted by Gasteiger charge is 2.22. The van der Waals surface area contributed by atoms with Crippen LogP contribution in [0.2, 0.25) is 0 Å². The number of para-hydroxylation sites is 1. The molecule has 0 amide bonds. The molecule has 0 saturated heterocycles. The minimum atomic E-state index is 0. The van der Waals surface area contributed by atoms with Crippen LogP contribution in [0.5, 0.6) is 5.75 Å². The molecule has 2 aromatic heterocycles. The maximum atomic E-state index is 5.80. The third-order valence-corrected chi connectivity index (χ3v) is 5.25. The van der Waals surface area contributed by atoms with Gasteiger partial charge in [0.15, 0.2) is 5.96 Å². The lowest BCUT2D eigenvalue weighted by Crippen LogP contribution is -2.41. The van der Waals surface area contributed by atoms with Crippen LogP contribution in [0.1, 0.15) is 42.0 Å². The molecule has 0 spiro atoms. The van der Waals surface area contributed by atoms with Crippen molar-refractivity contribution in [2.24, 2.45) is 12.0 Å². The van der Waals surface area contributed by atoms with Gasteiger partial charge in [-0.2, -0.15) is 5.10 Å². The van der Waals surface area contributed by atoms with Crippen LogP contribution in [0.15, 0.2) is 58.3 Å². The molecular weight excluding hydrogens is 505 g/mol. The SMILES string of the molecule is CCc1nn(C)cc1CN=C(NCCc1ccco1)NC1CCOc2ccccc21.I. The molecule has 1 atom stereocenters. The molecule has 0 aliphatic carbocycles. The van der Waals surface area contributed by atoms with E-state index in [1.54, 1.807) is 6.26 Å². The van der Waals surface area contributed by atoms with Crippen LogP contribution in [0, 0.1) is 0 Å². The number of rotatable bonds is 7. The predicted molar refractivity (Wildman–Crippen MR) is 132 cm³/mol. The number of halogens is 1. The fourth-order valence-corrected chi connectivity index (χ4v) is 3.75. The average Bonchev–Trinajstić information content (AvgIpc) is 3.41. The van der Waals surface area contributed by atoms with Gasteiger partial charge in [-0.05, 0) is 24.6 Å². The number of aryl methyl sites for hydroxylation is 2. The summed E-state index contributed by atoms with van der Waals surface area (Å²) in [6, 6.07) is 12.2. The Hall–Kier alpha value is -2.49. The van der Waals surface area contributed by atoms with Crippen molar-refractivity contribution in [3.8, 4) is 5.75 Å². The van der Waals surface area contributed by atoms with Crippen LogP contribution in [0.4, 0.5) is 0 Å². The molecule has 3 aromatic rings. The van der Waals surface area contributed by atoms with Crippen LogP contribution in [-0.2, 0) is 26.4 Å². The molecule has 7 nitrogen and oxygen atoms in total. The first-order chi connectivity index (χ1) is 14.7. The minimum Gasteiger partial charge on any atom is -0.493 e. The average molecular weight is 535 g/mol. The van der Waals surface area contributed by atoms with Gasteiger partial charge in [-0.3, -0.25) is 4.68 Å². The summed E-state index contributed by atoms with van der Waals surface area (Å²) in [5.41, 5.74) is 3.41. The van der Waals surface area contributed by atoms with Crippen LogP contribution in [-0.4, -0.2) is 28.9 Å². The van der Waals surface area contributed by atoms with Gasteiger partial charge in [-0.15, -0.1) is 24.0 Å². The Morgan fingerprint density at radius 1 is 1.26 bits per heavy atom. The highest BCUT2D eigenvalue weighted by molar-refractivity contribution is 14.0. The Labute approximate surface area is 200 Å². The lowest BCUT2D eigenvalue weighted by Gasteiger charge is -2.28. The van der Waals surface area contributed by atoms with E-state index >= 15 is 0 Å². The molecule has 0 bridgehead atoms. The summed E-state index contributed by atoms with van der Waals surface area (Å²) in [7, 11) is 1.95. The number of hydrogen-bond acceptors (Lipinski definition) is 4. The molecule has 31 heavy (non-hydrogen) atoms. The van der Waals surface area contributed by atoms with Gasteiger partial charge in [-0.1, -0.05) is 25.1 Å². The van der Waals surface area contributed by atoms with Crippen molar-refractivity contribution in [1.29, 1.82) is 0 Å². The molecule has 3 heterocycles. The van der Waals surface area contributed by atoms with E-state index < -0.39 is 0 Å². The summed E-state index contributed by atoms with van der Waals surface area (Å²) in [6.45, 7) is 4.13. The molecule has 1 unspecified atom stereocenters. The van der Waals surface area contributed by atoms with Crippen molar-refractivity contribution < 1.29 is 9.15 Å². The van der Waals surface area contributed by atoms with Crippen LogP contribution < -0.4 is 15.4 Å². The zero-order chi connectivity index (χ0) is 20.8. The van der Waals surface area contributed by atoms with Crippen LogP contribution in [0.3, 0.4) is 0 Å². The molecule has 8 heteroatoms. The molecule has 166 valence electrons. The van der Waals surface area contributed by atoms with Crippen LogP contribution in [0.25, 0.3) is 0 Å². The van der Waals surface area contributed by atoms with Gasteiger partial charge in [0, 0.05) is 43.8 Å². The Morgan fingerprint density at radius 2 is 2.13 bits per heavy atom. The minimum absolute atomic E-state index is 0. The molecule has 1 aromatic carbocycles. The summed E-state index contributed by atoms with van der Waals surface area (Å²) >= 11 is 0. The maximum Gasteiger partial charge on any atom is 0.192 e. The number of fused-ring (bicyclic) bond motifs is 1. The largest absolute Gasteiger partial charge is 0.493 e. The van der Waals surface area contributed by atoms with E-state index in [0.717, 1.165) is 54.5 Å². The second kappa shape index (κ2) is 11.2. The summed E-state index contributed by atoms with van der Waals surface area (Å²) in [6.07, 6.45) is 6.34. The Morgan fingerprint density at radius 3 is 2.94 bits per heavy atom. The number of nitrogens with zero attached hydrogens (tertiary/aromatic N) is 3. The van der Waals surface area contributed by atoms with E-state index in [1.807, 2.05) is 48.3 Å². The lowest BCUT2D eigenvalue weighted by atomic mass is 10.0. The lowest BCUT2D eigenvalue weighted by molar-refractivity contribution is 0.261. The van der Waals surface area contributed by atoms with Gasteiger partial charge in [0.1, 0.15) is 11.5 Å². The number of furan rings is 1. The van der Waals surface area contributed by atoms with Crippen LogP contribution >= 0.6 is 24.0 Å². The fourth-order valence-electron chi connectivity index (χ4n) is 3.75. The summed E-state index contributed by atoms with van der Waals surface area (Å²) in [5, 5.41) is 11.6. The van der Waals surface area contributed by atoms with E-state index in [1.165, 1.54) is 5.56 Å². The number of nitrogens with one attached hydrogen (secondary N) is 2. The van der Waals surface area contributed by atoms with Crippen molar-refractivity contribution in [1.82, 2.24) is 20.4 Å². The van der Waals surface area contributed by atoms with Crippen molar-refractivity contribution in [3.05, 3.63) is 71.4 Å². The van der Waals surface area contributed by atoms with Crippen molar-refractivity contribution in [3.63, 3.8) is 0 Å². The highest BCUT2D eigenvalue weighted by Crippen LogP contribution is 2.31. The van der Waals surface area contributed by atoms with Crippen molar-refractivity contribution >= 4 is 29.9 Å². The summed E-state index contributed by atoms with van der Waals surface area (Å²) < 4.78 is 13.1. The Bertz CT molecular complexity index is 984. The van der Waals surface area contributed by atoms with Crippen molar-refractivity contribution in [2.45, 2.75) is 38.8 Å². The molecule has 1 aliphatic heterocycles. The van der Waals surface area contributed by atoms with Crippen molar-refractivity contribution in [2.75, 3.05) is 13.2 Å². The smallest absolute Gasteiger partial charge is 0.192 e. The first kappa shape index (κ1) is 23.2. The number of aliphatic imine (C=N–C) groups is 1. The molecule has 0 fully saturated rings. The van der Waals surface area contributed by atoms with Gasteiger partial charge in [0.2, 0.25) is 0 Å². The van der Waals surface area contributed by atoms with E-state index in [9.17, 15) is 0 Å². The predicted octanol–water partition coefficient (Wildman–Crippen LogP) is 4.00. The second-order valence-corrected chi connectivity index (χ2v) is 7.42. The van der Waals surface area contributed by atoms with E-state index in [-0.39, 0.29) is 30.0 Å². The zero-order valence-corrected chi connectivity index (χ0v) is 20.3. The fraction of sp³-hybridized carbons (Fsp3) is 0.391. The number of benzene rings is 1. The number of ether oxygens (including phenoxy) is 1. The van der Waals surface area contributed by atoms with Gasteiger partial charge >= 0.3 is 0 Å². The summed E-state index contributed by atoms with van der Waals surface area (Å²) in [5.74, 6) is 2.68. The molecule has 0 saturated carbocycles. The molecule has 4 rings (SSSR count). The number of aromatic nitrogens is 2. The maximum absolute atomic E-state index is 5.80. The van der Waals surface area contributed by atoms with E-state index in [2.05, 4.69) is 28.7 Å². The number of guanidine groups is 1. The first-order valence-corrected chi connectivity index (χ1v) is 10.5. The number of hydrogen-bond donors (Lipinski definition) is 2. The Balaban J connectivity index is 0.00000272. The summed E-state index contributed by atoms with van der Waals surface area (Å²) in [4.78, 5) is 4.87. The molecule has 1 aliphatic rings. The molecule has 2 N–H and O–H groups in total. The normalized spacial score (nSPS) is 15.5. The van der Waals surface area contributed by atoms with Gasteiger partial charge < -0.3 is 19.8 Å². The topological polar surface area (TPSA) is 76.6 Å².